The number of hydrogen-bond donors (Lipinski definition) is 9. The van der Waals surface area contributed by atoms with Crippen LogP contribution in [0.15, 0.2) is 54.7 Å². The molecule has 71 heavy (non-hydrogen) atoms. The Morgan fingerprint density at radius 1 is 0.718 bits per heavy atom. The average molecular weight is 988 g/mol. The first-order valence-corrected chi connectivity index (χ1v) is 25.8. The molecule has 0 radical (unpaired) electrons. The number of benzene rings is 2. The summed E-state index contributed by atoms with van der Waals surface area (Å²) in [6.45, 7) is 16.9. The molecule has 10 N–H and O–H groups in total. The van der Waals surface area contributed by atoms with Crippen LogP contribution in [0, 0.1) is 17.8 Å². The third-order valence-electron chi connectivity index (χ3n) is 12.6. The number of methoxy groups -OCH3 is 1. The fraction of sp³-hybridized carbons (Fsp3) is 0.611. The zero-order valence-corrected chi connectivity index (χ0v) is 43.8. The number of aliphatic hydroxyl groups excluding tert-OH is 1. The van der Waals surface area contributed by atoms with Crippen LogP contribution in [0.4, 0.5) is 5.69 Å². The molecule has 2 aromatic carbocycles. The van der Waals surface area contributed by atoms with E-state index < -0.39 is 42.1 Å². The van der Waals surface area contributed by atoms with E-state index in [1.54, 1.807) is 37.6 Å². The Labute approximate surface area is 422 Å². The number of fused-ring (bicyclic) bond motifs is 1. The molecule has 6 amide bonds. The Kier molecular flexibility index (Phi) is 26.4. The summed E-state index contributed by atoms with van der Waals surface area (Å²) in [5, 5.41) is 32.9. The molecular formula is C54H85N9O8. The van der Waals surface area contributed by atoms with Gasteiger partial charge < -0.3 is 52.8 Å². The number of pyridine rings is 1. The quantitative estimate of drug-likeness (QED) is 0.0358. The van der Waals surface area contributed by atoms with Gasteiger partial charge in [0.05, 0.1) is 49.7 Å². The molecule has 1 aromatic heterocycles. The lowest BCUT2D eigenvalue weighted by atomic mass is 9.94. The first-order chi connectivity index (χ1) is 33.9. The number of aliphatic hydroxyl groups is 1. The number of ether oxygens (including phenoxy) is 1. The van der Waals surface area contributed by atoms with Crippen LogP contribution >= 0.6 is 0 Å². The first-order valence-electron chi connectivity index (χ1n) is 25.8. The van der Waals surface area contributed by atoms with Crippen LogP contribution in [0.25, 0.3) is 10.9 Å². The van der Waals surface area contributed by atoms with Gasteiger partial charge in [0.1, 0.15) is 23.9 Å². The Morgan fingerprint density at radius 3 is 1.94 bits per heavy atom. The van der Waals surface area contributed by atoms with E-state index in [1.807, 2.05) is 72.7 Å². The van der Waals surface area contributed by atoms with E-state index in [-0.39, 0.29) is 66.7 Å². The summed E-state index contributed by atoms with van der Waals surface area (Å²) in [4.78, 5) is 84.7. The number of aromatic nitrogens is 1. The lowest BCUT2D eigenvalue weighted by Crippen LogP contribution is -2.55. The predicted octanol–water partition coefficient (Wildman–Crippen LogP) is 5.21. The van der Waals surface area contributed by atoms with Crippen molar-refractivity contribution in [2.75, 3.05) is 32.1 Å². The van der Waals surface area contributed by atoms with Gasteiger partial charge in [-0.3, -0.25) is 33.8 Å². The van der Waals surface area contributed by atoms with E-state index in [0.717, 1.165) is 41.6 Å². The fourth-order valence-corrected chi connectivity index (χ4v) is 8.23. The largest absolute Gasteiger partial charge is 0.497 e. The molecule has 2 unspecified atom stereocenters. The second-order valence-electron chi connectivity index (χ2n) is 19.7. The molecule has 0 spiro atoms. The molecule has 0 saturated carbocycles. The summed E-state index contributed by atoms with van der Waals surface area (Å²) in [6.07, 6.45) is 6.44. The highest BCUT2D eigenvalue weighted by atomic mass is 16.5. The van der Waals surface area contributed by atoms with Gasteiger partial charge in [0, 0.05) is 36.8 Å². The van der Waals surface area contributed by atoms with Crippen molar-refractivity contribution in [2.45, 2.75) is 169 Å². The van der Waals surface area contributed by atoms with Gasteiger partial charge in [0.2, 0.25) is 35.4 Å². The Hall–Kier alpha value is -5.81. The van der Waals surface area contributed by atoms with Crippen molar-refractivity contribution < 1.29 is 38.6 Å². The van der Waals surface area contributed by atoms with Crippen LogP contribution in [-0.2, 0) is 41.6 Å². The standard InChI is InChI=1S/C54H85N9O8/c1-10-12-25-56-46(65)33-45(64)43(28-34(3)4)61-54(70)50(36(7)11-2)63-48(67)30-39-22-20-38(21-23-39)29-47(66)62-49(35(5)6)53(69)60-42(19-13-14-24-55)52(68)58-27-15-17-37(8)59-44-32-41(71-9)31-40-18-16-26-57-51(40)44/h16,18,20-23,26,31-32,34-37,42-43,45,49-50,59,64H,10-15,17,19,24-25,27-30,33,55H2,1-9H3,(H,56,65)(H,58,68)(H,60,69)(H,61,70)(H,62,66)(H,63,67)/t36?,37?,42-,43+,45+,49+,50+/m1/s1. The van der Waals surface area contributed by atoms with Gasteiger partial charge in [0.25, 0.3) is 0 Å². The van der Waals surface area contributed by atoms with E-state index >= 15 is 0 Å². The highest BCUT2D eigenvalue weighted by Crippen LogP contribution is 2.28. The summed E-state index contributed by atoms with van der Waals surface area (Å²) in [6, 6.07) is 11.5. The number of amides is 6. The molecule has 3 rings (SSSR count). The minimum absolute atomic E-state index is 0.0194. The molecule has 7 atom stereocenters. The number of anilines is 1. The fourth-order valence-electron chi connectivity index (χ4n) is 8.23. The molecule has 0 aliphatic heterocycles. The van der Waals surface area contributed by atoms with Crippen LogP contribution in [0.3, 0.4) is 0 Å². The molecule has 0 bridgehead atoms. The highest BCUT2D eigenvalue weighted by Gasteiger charge is 2.32. The van der Waals surface area contributed by atoms with Crippen LogP contribution in [0.1, 0.15) is 131 Å². The van der Waals surface area contributed by atoms with Gasteiger partial charge in [-0.25, -0.2) is 0 Å². The number of rotatable bonds is 33. The third kappa shape index (κ3) is 21.2. The SMILES string of the molecule is CCCCNC(=O)C[C@H](O)[C@H](CC(C)C)NC(=O)[C@@H](NC(=O)Cc1ccc(CC(=O)N[C@H](C(=O)N[C@H](CCCCN)C(=O)NCCCC(C)Nc2cc(OC)cc3cccnc23)C(C)C)cc1)C(C)CC. The van der Waals surface area contributed by atoms with Crippen LogP contribution < -0.4 is 47.7 Å². The van der Waals surface area contributed by atoms with Crippen LogP contribution in [0.5, 0.6) is 5.75 Å². The maximum absolute atomic E-state index is 13.7. The molecular weight excluding hydrogens is 903 g/mol. The summed E-state index contributed by atoms with van der Waals surface area (Å²) in [5.74, 6) is -1.86. The summed E-state index contributed by atoms with van der Waals surface area (Å²) in [7, 11) is 1.63. The number of hydrogen-bond acceptors (Lipinski definition) is 11. The molecule has 17 heteroatoms. The van der Waals surface area contributed by atoms with Crippen molar-refractivity contribution in [3.63, 3.8) is 0 Å². The van der Waals surface area contributed by atoms with Gasteiger partial charge in [-0.2, -0.15) is 0 Å². The lowest BCUT2D eigenvalue weighted by Gasteiger charge is -2.30. The van der Waals surface area contributed by atoms with Crippen molar-refractivity contribution in [3.8, 4) is 5.75 Å². The van der Waals surface area contributed by atoms with Crippen LogP contribution in [0.2, 0.25) is 0 Å². The molecule has 0 aliphatic rings. The molecule has 394 valence electrons. The zero-order chi connectivity index (χ0) is 52.5. The van der Waals surface area contributed by atoms with Crippen LogP contribution in [-0.4, -0.2) is 109 Å². The number of carbonyl (C=O) groups excluding carboxylic acids is 6. The van der Waals surface area contributed by atoms with Crippen molar-refractivity contribution in [2.24, 2.45) is 23.5 Å². The van der Waals surface area contributed by atoms with Crippen molar-refractivity contribution in [3.05, 3.63) is 65.9 Å². The summed E-state index contributed by atoms with van der Waals surface area (Å²) < 4.78 is 5.48. The van der Waals surface area contributed by atoms with E-state index in [2.05, 4.69) is 49.1 Å². The maximum atomic E-state index is 13.7. The Balaban J connectivity index is 1.55. The number of nitrogens with two attached hydrogens (primary N) is 1. The summed E-state index contributed by atoms with van der Waals surface area (Å²) in [5.41, 5.74) is 8.80. The average Bonchev–Trinajstić information content (AvgIpc) is 3.33. The van der Waals surface area contributed by atoms with Crippen molar-refractivity contribution >= 4 is 52.0 Å². The monoisotopic (exact) mass is 988 g/mol. The van der Waals surface area contributed by atoms with Crippen molar-refractivity contribution in [1.82, 2.24) is 36.9 Å². The minimum atomic E-state index is -1.10. The van der Waals surface area contributed by atoms with E-state index in [0.29, 0.717) is 69.3 Å². The lowest BCUT2D eigenvalue weighted by molar-refractivity contribution is -0.133. The number of unbranched alkanes of at least 4 members (excludes halogenated alkanes) is 2. The number of carbonyl (C=O) groups is 6. The second kappa shape index (κ2) is 31.5. The van der Waals surface area contributed by atoms with Gasteiger partial charge in [-0.1, -0.05) is 91.6 Å². The highest BCUT2D eigenvalue weighted by molar-refractivity contribution is 5.93. The topological polar surface area (TPSA) is 255 Å². The smallest absolute Gasteiger partial charge is 0.243 e. The van der Waals surface area contributed by atoms with Gasteiger partial charge in [-0.15, -0.1) is 0 Å². The molecule has 0 fully saturated rings. The van der Waals surface area contributed by atoms with Gasteiger partial charge in [0.15, 0.2) is 0 Å². The number of nitrogens with zero attached hydrogens (tertiary/aromatic N) is 1. The normalized spacial score (nSPS) is 14.3. The molecule has 17 nitrogen and oxygen atoms in total. The predicted molar refractivity (Wildman–Crippen MR) is 280 cm³/mol. The summed E-state index contributed by atoms with van der Waals surface area (Å²) >= 11 is 0. The third-order valence-corrected chi connectivity index (χ3v) is 12.6. The molecule has 0 aliphatic carbocycles. The molecule has 1 heterocycles. The van der Waals surface area contributed by atoms with Crippen molar-refractivity contribution in [1.29, 1.82) is 0 Å². The van der Waals surface area contributed by atoms with E-state index in [1.165, 1.54) is 0 Å². The number of nitrogens with one attached hydrogen (secondary N) is 7. The Morgan fingerprint density at radius 2 is 1.35 bits per heavy atom. The maximum Gasteiger partial charge on any atom is 0.243 e. The second-order valence-corrected chi connectivity index (χ2v) is 19.7. The van der Waals surface area contributed by atoms with E-state index in [4.69, 9.17) is 10.5 Å². The zero-order valence-electron chi connectivity index (χ0n) is 43.8. The first kappa shape index (κ1) is 59.5. The minimum Gasteiger partial charge on any atom is -0.497 e. The van der Waals surface area contributed by atoms with Gasteiger partial charge >= 0.3 is 0 Å². The van der Waals surface area contributed by atoms with E-state index in [9.17, 15) is 33.9 Å². The molecule has 3 aromatic rings. The Bertz CT molecular complexity index is 2140. The molecule has 0 saturated heterocycles. The van der Waals surface area contributed by atoms with Gasteiger partial charge in [-0.05, 0) is 99.4 Å².